The van der Waals surface area contributed by atoms with Gasteiger partial charge in [-0.3, -0.25) is 9.59 Å². The number of aromatic nitrogens is 2. The minimum absolute atomic E-state index is 0.0221. The standard InChI is InChI=1S/C16H13F3N4O3S2/c17-16(18,19)8-26-9-1-2-10-11(7-9)28-15(21-10)23-13(25)4-3-12(24)22-14-20-5-6-27-14/h1-2,5-7H,3-4,8H2,(H,20,22,24)(H,21,23,25). The molecule has 12 heteroatoms. The fraction of sp³-hybridized carbons (Fsp3) is 0.250. The third-order valence-electron chi connectivity index (χ3n) is 3.27. The molecule has 28 heavy (non-hydrogen) atoms. The van der Waals surface area contributed by atoms with Gasteiger partial charge < -0.3 is 15.4 Å². The SMILES string of the molecule is O=C(CCC(=O)Nc1nc2ccc(OCC(F)(F)F)cc2s1)Nc1nccs1. The molecule has 0 aliphatic rings. The lowest BCUT2D eigenvalue weighted by molar-refractivity contribution is -0.153. The van der Waals surface area contributed by atoms with Crippen LogP contribution >= 0.6 is 22.7 Å². The monoisotopic (exact) mass is 430 g/mol. The maximum atomic E-state index is 12.2. The van der Waals surface area contributed by atoms with Crippen LogP contribution in [0.3, 0.4) is 0 Å². The molecule has 0 spiro atoms. The highest BCUT2D eigenvalue weighted by atomic mass is 32.1. The Labute approximate surface area is 164 Å². The third-order valence-corrected chi connectivity index (χ3v) is 4.89. The Balaban J connectivity index is 1.53. The summed E-state index contributed by atoms with van der Waals surface area (Å²) in [6, 6.07) is 4.31. The van der Waals surface area contributed by atoms with Crippen LogP contribution in [0.2, 0.25) is 0 Å². The van der Waals surface area contributed by atoms with Gasteiger partial charge in [0.1, 0.15) is 5.75 Å². The summed E-state index contributed by atoms with van der Waals surface area (Å²) in [6.45, 7) is -1.38. The molecular formula is C16H13F3N4O3S2. The van der Waals surface area contributed by atoms with E-state index in [4.69, 9.17) is 4.74 Å². The smallest absolute Gasteiger partial charge is 0.422 e. The fourth-order valence-corrected chi connectivity index (χ4v) is 3.54. The van der Waals surface area contributed by atoms with E-state index in [2.05, 4.69) is 20.6 Å². The average molecular weight is 430 g/mol. The van der Waals surface area contributed by atoms with Gasteiger partial charge in [0.05, 0.1) is 10.2 Å². The predicted octanol–water partition coefficient (Wildman–Crippen LogP) is 4.05. The van der Waals surface area contributed by atoms with Crippen molar-refractivity contribution in [1.29, 1.82) is 0 Å². The summed E-state index contributed by atoms with van der Waals surface area (Å²) < 4.78 is 41.9. The molecule has 0 unspecified atom stereocenters. The van der Waals surface area contributed by atoms with Gasteiger partial charge in [0, 0.05) is 24.4 Å². The molecule has 2 aromatic heterocycles. The lowest BCUT2D eigenvalue weighted by Gasteiger charge is -2.08. The summed E-state index contributed by atoms with van der Waals surface area (Å²) in [6.07, 6.45) is -2.94. The highest BCUT2D eigenvalue weighted by molar-refractivity contribution is 7.22. The second-order valence-corrected chi connectivity index (χ2v) is 7.41. The number of carbonyl (C=O) groups is 2. The molecule has 0 bridgehead atoms. The molecule has 7 nitrogen and oxygen atoms in total. The Kier molecular flexibility index (Phi) is 6.09. The van der Waals surface area contributed by atoms with E-state index >= 15 is 0 Å². The fourth-order valence-electron chi connectivity index (χ4n) is 2.09. The molecule has 0 saturated heterocycles. The van der Waals surface area contributed by atoms with E-state index in [9.17, 15) is 22.8 Å². The zero-order valence-corrected chi connectivity index (χ0v) is 15.7. The number of thiazole rings is 2. The Morgan fingerprint density at radius 2 is 1.82 bits per heavy atom. The molecule has 2 heterocycles. The van der Waals surface area contributed by atoms with Crippen molar-refractivity contribution in [1.82, 2.24) is 9.97 Å². The third kappa shape index (κ3) is 5.89. The number of nitrogens with one attached hydrogen (secondary N) is 2. The van der Waals surface area contributed by atoms with Crippen LogP contribution in [0.5, 0.6) is 5.75 Å². The highest BCUT2D eigenvalue weighted by Gasteiger charge is 2.28. The molecule has 3 rings (SSSR count). The Bertz CT molecular complexity index is 973. The second-order valence-electron chi connectivity index (χ2n) is 5.49. The van der Waals surface area contributed by atoms with E-state index in [1.54, 1.807) is 11.6 Å². The number of nitrogens with zero attached hydrogens (tertiary/aromatic N) is 2. The quantitative estimate of drug-likeness (QED) is 0.590. The number of halogens is 3. The number of carbonyl (C=O) groups excluding carboxylic acids is 2. The molecule has 0 radical (unpaired) electrons. The van der Waals surface area contributed by atoms with Crippen molar-refractivity contribution in [2.75, 3.05) is 17.2 Å². The van der Waals surface area contributed by atoms with E-state index in [0.717, 1.165) is 11.3 Å². The summed E-state index contributed by atoms with van der Waals surface area (Å²) in [5.74, 6) is -0.673. The van der Waals surface area contributed by atoms with Gasteiger partial charge in [0.25, 0.3) is 0 Å². The topological polar surface area (TPSA) is 93.2 Å². The minimum Gasteiger partial charge on any atom is -0.484 e. The number of benzene rings is 1. The molecule has 2 N–H and O–H groups in total. The van der Waals surface area contributed by atoms with E-state index in [1.165, 1.54) is 29.5 Å². The number of fused-ring (bicyclic) bond motifs is 1. The van der Waals surface area contributed by atoms with E-state index < -0.39 is 18.7 Å². The van der Waals surface area contributed by atoms with Crippen LogP contribution in [-0.4, -0.2) is 34.6 Å². The van der Waals surface area contributed by atoms with Crippen molar-refractivity contribution in [2.45, 2.75) is 19.0 Å². The van der Waals surface area contributed by atoms with E-state index in [0.29, 0.717) is 15.3 Å². The van der Waals surface area contributed by atoms with Crippen LogP contribution in [0.15, 0.2) is 29.8 Å². The number of hydrogen-bond acceptors (Lipinski definition) is 7. The second kappa shape index (κ2) is 8.52. The number of rotatable bonds is 7. The van der Waals surface area contributed by atoms with Gasteiger partial charge in [-0.05, 0) is 18.2 Å². The summed E-state index contributed by atoms with van der Waals surface area (Å²) >= 11 is 2.37. The predicted molar refractivity (Wildman–Crippen MR) is 99.8 cm³/mol. The lowest BCUT2D eigenvalue weighted by Crippen LogP contribution is -2.19. The van der Waals surface area contributed by atoms with Crippen molar-refractivity contribution in [3.05, 3.63) is 29.8 Å². The van der Waals surface area contributed by atoms with Gasteiger partial charge in [-0.25, -0.2) is 9.97 Å². The normalized spacial score (nSPS) is 11.4. The Hall–Kier alpha value is -2.73. The first kappa shape index (κ1) is 20.0. The van der Waals surface area contributed by atoms with Crippen LogP contribution in [0.1, 0.15) is 12.8 Å². The van der Waals surface area contributed by atoms with Crippen molar-refractivity contribution >= 4 is 55.0 Å². The molecule has 0 aliphatic heterocycles. The largest absolute Gasteiger partial charge is 0.484 e. The maximum Gasteiger partial charge on any atom is 0.422 e. The molecule has 1 aromatic carbocycles. The number of anilines is 2. The number of hydrogen-bond donors (Lipinski definition) is 2. The van der Waals surface area contributed by atoms with Gasteiger partial charge in [0.15, 0.2) is 16.9 Å². The van der Waals surface area contributed by atoms with Crippen molar-refractivity contribution in [2.24, 2.45) is 0 Å². The first-order valence-electron chi connectivity index (χ1n) is 7.88. The number of ether oxygens (including phenoxy) is 1. The Morgan fingerprint density at radius 3 is 2.46 bits per heavy atom. The highest BCUT2D eigenvalue weighted by Crippen LogP contribution is 2.30. The molecule has 3 aromatic rings. The molecule has 0 aliphatic carbocycles. The van der Waals surface area contributed by atoms with Crippen LogP contribution in [0, 0.1) is 0 Å². The zero-order valence-electron chi connectivity index (χ0n) is 14.1. The van der Waals surface area contributed by atoms with Gasteiger partial charge in [-0.1, -0.05) is 11.3 Å². The van der Waals surface area contributed by atoms with Crippen LogP contribution in [0.4, 0.5) is 23.4 Å². The first-order valence-corrected chi connectivity index (χ1v) is 9.57. The average Bonchev–Trinajstić information content (AvgIpc) is 3.26. The lowest BCUT2D eigenvalue weighted by atomic mass is 10.3. The number of amides is 2. The summed E-state index contributed by atoms with van der Waals surface area (Å²) in [4.78, 5) is 31.8. The van der Waals surface area contributed by atoms with Crippen LogP contribution in [-0.2, 0) is 9.59 Å². The molecular weight excluding hydrogens is 417 g/mol. The van der Waals surface area contributed by atoms with Crippen molar-refractivity contribution in [3.8, 4) is 5.75 Å². The van der Waals surface area contributed by atoms with Gasteiger partial charge >= 0.3 is 6.18 Å². The molecule has 0 fully saturated rings. The minimum atomic E-state index is -4.42. The Morgan fingerprint density at radius 1 is 1.11 bits per heavy atom. The zero-order chi connectivity index (χ0) is 20.1. The summed E-state index contributed by atoms with van der Waals surface area (Å²) in [7, 11) is 0. The molecule has 0 atom stereocenters. The summed E-state index contributed by atoms with van der Waals surface area (Å²) in [5, 5.41) is 7.61. The van der Waals surface area contributed by atoms with Gasteiger partial charge in [0.2, 0.25) is 11.8 Å². The van der Waals surface area contributed by atoms with Crippen LogP contribution < -0.4 is 15.4 Å². The van der Waals surface area contributed by atoms with Crippen molar-refractivity contribution in [3.63, 3.8) is 0 Å². The molecule has 0 saturated carbocycles. The first-order chi connectivity index (χ1) is 13.3. The van der Waals surface area contributed by atoms with Crippen LogP contribution in [0.25, 0.3) is 10.2 Å². The van der Waals surface area contributed by atoms with E-state index in [1.807, 2.05) is 0 Å². The molecule has 2 amide bonds. The maximum absolute atomic E-state index is 12.2. The van der Waals surface area contributed by atoms with Gasteiger partial charge in [-0.2, -0.15) is 13.2 Å². The summed E-state index contributed by atoms with van der Waals surface area (Å²) in [5.41, 5.74) is 0.515. The van der Waals surface area contributed by atoms with E-state index in [-0.39, 0.29) is 29.6 Å². The molecule has 148 valence electrons. The van der Waals surface area contributed by atoms with Crippen molar-refractivity contribution < 1.29 is 27.5 Å². The van der Waals surface area contributed by atoms with Gasteiger partial charge in [-0.15, -0.1) is 11.3 Å². The number of alkyl halides is 3.